The average molecular weight is 403 g/mol. The van der Waals surface area contributed by atoms with E-state index in [2.05, 4.69) is 15.3 Å². The maximum absolute atomic E-state index is 12.9. The molecule has 2 heterocycles. The Morgan fingerprint density at radius 1 is 1.07 bits per heavy atom. The normalized spacial score (nSPS) is 12.7. The lowest BCUT2D eigenvalue weighted by Crippen LogP contribution is -2.25. The van der Waals surface area contributed by atoms with Gasteiger partial charge in [0.05, 0.1) is 30.1 Å². The summed E-state index contributed by atoms with van der Waals surface area (Å²) in [6.45, 7) is 1.49. The molecule has 1 amide bonds. The van der Waals surface area contributed by atoms with E-state index in [4.69, 9.17) is 4.74 Å². The number of fused-ring (bicyclic) bond motifs is 2. The lowest BCUT2D eigenvalue weighted by molar-refractivity contribution is 0.0991. The highest BCUT2D eigenvalue weighted by Crippen LogP contribution is 2.38. The van der Waals surface area contributed by atoms with Gasteiger partial charge >= 0.3 is 0 Å². The summed E-state index contributed by atoms with van der Waals surface area (Å²) in [6.07, 6.45) is 1.62. The zero-order valence-electron chi connectivity index (χ0n) is 17.1. The number of ether oxygens (including phenoxy) is 1. The van der Waals surface area contributed by atoms with Crippen molar-refractivity contribution in [3.63, 3.8) is 0 Å². The first-order valence-electron chi connectivity index (χ1n) is 9.34. The third-order valence-corrected chi connectivity index (χ3v) is 5.07. The number of nitrogens with zero attached hydrogens (tertiary/aromatic N) is 4. The molecule has 0 atom stereocenters. The monoisotopic (exact) mass is 403 g/mol. The molecule has 3 aromatic rings. The Morgan fingerprint density at radius 2 is 1.83 bits per heavy atom. The molecule has 2 aromatic carbocycles. The highest BCUT2D eigenvalue weighted by Gasteiger charge is 2.28. The molecule has 0 saturated carbocycles. The number of carbonyl (C=O) groups is 2. The van der Waals surface area contributed by atoms with Gasteiger partial charge in [0.2, 0.25) is 5.95 Å². The second kappa shape index (κ2) is 7.47. The Labute approximate surface area is 174 Å². The summed E-state index contributed by atoms with van der Waals surface area (Å²) in [4.78, 5) is 37.0. The Morgan fingerprint density at radius 3 is 2.57 bits per heavy atom. The SMILES string of the molecule is COc1cc(Nc2ncc3c(n2)N(C)c2ccccc2C(=O)N3C)ccc1C(C)=O. The number of Topliss-reactive ketones (excluding diaryl/α,β-unsaturated/α-hetero) is 1. The first-order valence-corrected chi connectivity index (χ1v) is 9.34. The van der Waals surface area contributed by atoms with Gasteiger partial charge in [0, 0.05) is 25.8 Å². The first-order chi connectivity index (χ1) is 14.4. The van der Waals surface area contributed by atoms with Gasteiger partial charge in [0.15, 0.2) is 11.6 Å². The van der Waals surface area contributed by atoms with Gasteiger partial charge in [-0.2, -0.15) is 4.98 Å². The van der Waals surface area contributed by atoms with Crippen LogP contribution < -0.4 is 19.9 Å². The van der Waals surface area contributed by atoms with E-state index in [1.165, 1.54) is 14.0 Å². The molecule has 1 aromatic heterocycles. The van der Waals surface area contributed by atoms with E-state index in [-0.39, 0.29) is 11.7 Å². The van der Waals surface area contributed by atoms with Crippen LogP contribution in [-0.4, -0.2) is 42.9 Å². The molecule has 1 aliphatic rings. The van der Waals surface area contributed by atoms with Crippen LogP contribution in [0.25, 0.3) is 0 Å². The number of nitrogens with one attached hydrogen (secondary N) is 1. The molecule has 0 fully saturated rings. The number of ketones is 1. The maximum Gasteiger partial charge on any atom is 0.260 e. The smallest absolute Gasteiger partial charge is 0.260 e. The van der Waals surface area contributed by atoms with E-state index >= 15 is 0 Å². The molecule has 0 spiro atoms. The fraction of sp³-hybridized carbons (Fsp3) is 0.182. The van der Waals surface area contributed by atoms with E-state index in [0.717, 1.165) is 5.69 Å². The van der Waals surface area contributed by atoms with E-state index < -0.39 is 0 Å². The van der Waals surface area contributed by atoms with Crippen LogP contribution in [0.3, 0.4) is 0 Å². The average Bonchev–Trinajstić information content (AvgIpc) is 2.83. The number of methoxy groups -OCH3 is 1. The van der Waals surface area contributed by atoms with E-state index in [9.17, 15) is 9.59 Å². The molecule has 1 N–H and O–H groups in total. The number of anilines is 5. The van der Waals surface area contributed by atoms with Crippen molar-refractivity contribution < 1.29 is 14.3 Å². The lowest BCUT2D eigenvalue weighted by Gasteiger charge is -2.21. The van der Waals surface area contributed by atoms with Gasteiger partial charge in [-0.1, -0.05) is 12.1 Å². The molecule has 30 heavy (non-hydrogen) atoms. The fourth-order valence-corrected chi connectivity index (χ4v) is 3.45. The number of carbonyl (C=O) groups excluding carboxylic acids is 2. The first kappa shape index (κ1) is 19.4. The van der Waals surface area contributed by atoms with Crippen molar-refractivity contribution in [2.75, 3.05) is 36.3 Å². The van der Waals surface area contributed by atoms with Crippen molar-refractivity contribution >= 4 is 40.5 Å². The lowest BCUT2D eigenvalue weighted by atomic mass is 10.1. The number of para-hydroxylation sites is 1. The van der Waals surface area contributed by atoms with Gasteiger partial charge in [-0.05, 0) is 31.2 Å². The molecule has 8 heteroatoms. The summed E-state index contributed by atoms with van der Waals surface area (Å²) < 4.78 is 5.32. The molecule has 0 bridgehead atoms. The number of benzene rings is 2. The molecule has 0 radical (unpaired) electrons. The topological polar surface area (TPSA) is 87.7 Å². The Balaban J connectivity index is 1.73. The third-order valence-electron chi connectivity index (χ3n) is 5.07. The predicted molar refractivity (Wildman–Crippen MR) is 116 cm³/mol. The molecule has 4 rings (SSSR count). The van der Waals surface area contributed by atoms with Crippen LogP contribution in [0.4, 0.5) is 28.8 Å². The summed E-state index contributed by atoms with van der Waals surface area (Å²) in [6, 6.07) is 12.6. The number of rotatable bonds is 4. The summed E-state index contributed by atoms with van der Waals surface area (Å²) in [7, 11) is 5.09. The highest BCUT2D eigenvalue weighted by molar-refractivity contribution is 6.13. The minimum atomic E-state index is -0.120. The molecule has 8 nitrogen and oxygen atoms in total. The van der Waals surface area contributed by atoms with Gasteiger partial charge in [-0.15, -0.1) is 0 Å². The molecule has 152 valence electrons. The van der Waals surface area contributed by atoms with Crippen LogP contribution in [0.2, 0.25) is 0 Å². The summed E-state index contributed by atoms with van der Waals surface area (Å²) in [5.74, 6) is 1.23. The van der Waals surface area contributed by atoms with E-state index in [1.54, 1.807) is 42.4 Å². The summed E-state index contributed by atoms with van der Waals surface area (Å²) in [5.41, 5.74) is 3.15. The van der Waals surface area contributed by atoms with Crippen LogP contribution in [0.5, 0.6) is 5.75 Å². The van der Waals surface area contributed by atoms with Crippen LogP contribution in [0.1, 0.15) is 27.6 Å². The Bertz CT molecular complexity index is 1160. The van der Waals surface area contributed by atoms with Gasteiger partial charge in [0.1, 0.15) is 11.4 Å². The molecular formula is C22H21N5O3. The minimum Gasteiger partial charge on any atom is -0.496 e. The summed E-state index contributed by atoms with van der Waals surface area (Å²) in [5, 5.41) is 3.14. The third kappa shape index (κ3) is 3.22. The second-order valence-corrected chi connectivity index (χ2v) is 6.94. The number of amides is 1. The van der Waals surface area contributed by atoms with Gasteiger partial charge in [-0.25, -0.2) is 4.98 Å². The predicted octanol–water partition coefficient (Wildman–Crippen LogP) is 3.79. The van der Waals surface area contributed by atoms with Gasteiger partial charge in [0.25, 0.3) is 5.91 Å². The highest BCUT2D eigenvalue weighted by atomic mass is 16.5. The summed E-state index contributed by atoms with van der Waals surface area (Å²) >= 11 is 0. The minimum absolute atomic E-state index is 0.0762. The standard InChI is InChI=1S/C22H21N5O3/c1-13(28)15-10-9-14(11-19(15)30-4)24-22-23-12-18-20(25-22)26(2)17-8-6-5-7-16(17)21(29)27(18)3/h5-12H,1-4H3,(H,23,24,25). The van der Waals surface area contributed by atoms with Crippen LogP contribution in [-0.2, 0) is 0 Å². The number of aromatic nitrogens is 2. The maximum atomic E-state index is 12.9. The van der Waals surface area contributed by atoms with Crippen molar-refractivity contribution in [2.24, 2.45) is 0 Å². The van der Waals surface area contributed by atoms with Gasteiger partial charge < -0.3 is 19.9 Å². The molecule has 1 aliphatic heterocycles. The molecular weight excluding hydrogens is 382 g/mol. The van der Waals surface area contributed by atoms with Crippen molar-refractivity contribution in [3.8, 4) is 5.75 Å². The van der Waals surface area contributed by atoms with E-state index in [1.807, 2.05) is 30.1 Å². The zero-order chi connectivity index (χ0) is 21.4. The van der Waals surface area contributed by atoms with Crippen LogP contribution >= 0.6 is 0 Å². The van der Waals surface area contributed by atoms with Crippen LogP contribution in [0.15, 0.2) is 48.7 Å². The largest absolute Gasteiger partial charge is 0.496 e. The second-order valence-electron chi connectivity index (χ2n) is 6.94. The van der Waals surface area contributed by atoms with Crippen molar-refractivity contribution in [2.45, 2.75) is 6.92 Å². The quantitative estimate of drug-likeness (QED) is 0.663. The molecule has 0 saturated heterocycles. The fourth-order valence-electron chi connectivity index (χ4n) is 3.45. The zero-order valence-corrected chi connectivity index (χ0v) is 17.1. The van der Waals surface area contributed by atoms with Crippen molar-refractivity contribution in [1.29, 1.82) is 0 Å². The van der Waals surface area contributed by atoms with Gasteiger partial charge in [-0.3, -0.25) is 9.59 Å². The number of hydrogen-bond donors (Lipinski definition) is 1. The van der Waals surface area contributed by atoms with E-state index in [0.29, 0.717) is 40.0 Å². The van der Waals surface area contributed by atoms with Crippen molar-refractivity contribution in [1.82, 2.24) is 9.97 Å². The number of hydrogen-bond acceptors (Lipinski definition) is 7. The van der Waals surface area contributed by atoms with Crippen molar-refractivity contribution in [3.05, 3.63) is 59.8 Å². The molecule has 0 aliphatic carbocycles. The Hall–Kier alpha value is -3.94. The van der Waals surface area contributed by atoms with Crippen LogP contribution in [0, 0.1) is 0 Å². The Kier molecular flexibility index (Phi) is 4.83. The molecule has 0 unspecified atom stereocenters.